The van der Waals surface area contributed by atoms with Gasteiger partial charge in [-0.05, 0) is 24.1 Å². The van der Waals surface area contributed by atoms with Crippen LogP contribution in [0.3, 0.4) is 0 Å². The number of hydrogen-bond donors (Lipinski definition) is 4. The zero-order valence-electron chi connectivity index (χ0n) is 20.6. The topological polar surface area (TPSA) is 184 Å². The Morgan fingerprint density at radius 1 is 1.29 bits per heavy atom. The molecule has 0 spiro atoms. The summed E-state index contributed by atoms with van der Waals surface area (Å²) in [5, 5.41) is 39.7. The van der Waals surface area contributed by atoms with Gasteiger partial charge < -0.3 is 30.3 Å². The van der Waals surface area contributed by atoms with Crippen LogP contribution >= 0.6 is 23.5 Å². The molecular formula is C23H27N5O8S2. The van der Waals surface area contributed by atoms with Crippen molar-refractivity contribution >= 4 is 41.3 Å². The molecule has 1 aromatic carbocycles. The first kappa shape index (κ1) is 27.7. The molecule has 204 valence electrons. The van der Waals surface area contributed by atoms with E-state index < -0.39 is 52.2 Å². The number of amides is 2. The second-order valence-corrected chi connectivity index (χ2v) is 11.0. The van der Waals surface area contributed by atoms with Gasteiger partial charge in [-0.2, -0.15) is 0 Å². The van der Waals surface area contributed by atoms with Crippen LogP contribution < -0.4 is 15.6 Å². The highest BCUT2D eigenvalue weighted by atomic mass is 32.2. The van der Waals surface area contributed by atoms with Gasteiger partial charge in [-0.25, -0.2) is 0 Å². The molecule has 0 aliphatic carbocycles. The first-order valence-electron chi connectivity index (χ1n) is 11.7. The number of nitrogens with zero attached hydrogens (tertiary/aromatic N) is 4. The molecule has 3 heterocycles. The van der Waals surface area contributed by atoms with Crippen molar-refractivity contribution in [2.75, 3.05) is 25.2 Å². The highest BCUT2D eigenvalue weighted by Gasteiger charge is 2.57. The number of carbonyl (C=O) groups excluding carboxylic acids is 2. The summed E-state index contributed by atoms with van der Waals surface area (Å²) in [6.07, 6.45) is -0.902. The molecular weight excluding hydrogens is 538 g/mol. The van der Waals surface area contributed by atoms with Crippen molar-refractivity contribution < 1.29 is 34.4 Å². The standard InChI is InChI=1S/C23H27N5O8S2/c1-3-8-27-19(33)17(31)25-26-22(27)38-11-23(21(34)35)9-28-18(32)14(20(28)37-10-23)24-16(30)15(29)12-4-6-13(36-2)7-5-12/h4-7,14-15,20,29H,3,8-11H2,1-2H3,(H,24,30)(H,25,31)(H,34,35)/t14?,15?,20-,23?/m1/s1. The van der Waals surface area contributed by atoms with E-state index in [1.165, 1.54) is 28.3 Å². The number of ether oxygens (including phenoxy) is 1. The Kier molecular flexibility index (Phi) is 8.18. The van der Waals surface area contributed by atoms with Crippen LogP contribution in [0.4, 0.5) is 0 Å². The fourth-order valence-corrected chi connectivity index (χ4v) is 7.02. The summed E-state index contributed by atoms with van der Waals surface area (Å²) in [4.78, 5) is 51.5. The number of aliphatic hydroxyl groups is 1. The summed E-state index contributed by atoms with van der Waals surface area (Å²) in [5.41, 5.74) is -1.71. The van der Waals surface area contributed by atoms with E-state index in [1.54, 1.807) is 24.3 Å². The molecule has 2 aliphatic heterocycles. The third-order valence-corrected chi connectivity index (χ3v) is 9.24. The van der Waals surface area contributed by atoms with Crippen LogP contribution in [-0.2, 0) is 20.9 Å². The minimum atomic E-state index is -1.49. The average molecular weight is 566 g/mol. The second kappa shape index (κ2) is 11.2. The SMILES string of the molecule is CCCn1c(SCC2(C(=O)O)CS[C@@H]3C(NC(=O)C(O)c4ccc(OC)cc4)C(=O)N3C2)nnc(O)c1=O. The van der Waals surface area contributed by atoms with Crippen molar-refractivity contribution in [3.63, 3.8) is 0 Å². The van der Waals surface area contributed by atoms with Crippen LogP contribution in [0.15, 0.2) is 34.2 Å². The number of aromatic hydroxyl groups is 1. The van der Waals surface area contributed by atoms with Crippen LogP contribution in [0.5, 0.6) is 11.6 Å². The fourth-order valence-electron chi connectivity index (χ4n) is 4.20. The fraction of sp³-hybridized carbons (Fsp3) is 0.478. The zero-order chi connectivity index (χ0) is 27.6. The van der Waals surface area contributed by atoms with Crippen molar-refractivity contribution in [1.29, 1.82) is 0 Å². The third kappa shape index (κ3) is 5.17. The Balaban J connectivity index is 1.42. The Morgan fingerprint density at radius 3 is 2.63 bits per heavy atom. The maximum atomic E-state index is 12.9. The summed E-state index contributed by atoms with van der Waals surface area (Å²) >= 11 is 2.25. The predicted molar refractivity (Wildman–Crippen MR) is 137 cm³/mol. The van der Waals surface area contributed by atoms with E-state index in [9.17, 15) is 34.5 Å². The van der Waals surface area contributed by atoms with Gasteiger partial charge in [-0.3, -0.25) is 23.7 Å². The van der Waals surface area contributed by atoms with E-state index >= 15 is 0 Å². The quantitative estimate of drug-likeness (QED) is 0.225. The van der Waals surface area contributed by atoms with Crippen LogP contribution in [0.1, 0.15) is 25.0 Å². The van der Waals surface area contributed by atoms with Crippen molar-refractivity contribution in [3.8, 4) is 11.6 Å². The predicted octanol–water partition coefficient (Wildman–Crippen LogP) is 0.0591. The number of thioether (sulfide) groups is 2. The molecule has 15 heteroatoms. The normalized spacial score (nSPS) is 23.2. The van der Waals surface area contributed by atoms with E-state index in [0.29, 0.717) is 17.7 Å². The van der Waals surface area contributed by atoms with Gasteiger partial charge in [-0.1, -0.05) is 30.8 Å². The van der Waals surface area contributed by atoms with E-state index in [-0.39, 0.29) is 29.8 Å². The van der Waals surface area contributed by atoms with Gasteiger partial charge in [0.05, 0.1) is 7.11 Å². The van der Waals surface area contributed by atoms with Gasteiger partial charge in [0, 0.05) is 24.6 Å². The Hall–Kier alpha value is -3.30. The van der Waals surface area contributed by atoms with Crippen molar-refractivity contribution in [2.24, 2.45) is 5.41 Å². The Morgan fingerprint density at radius 2 is 2.00 bits per heavy atom. The summed E-state index contributed by atoms with van der Waals surface area (Å²) in [6.45, 7) is 2.02. The number of methoxy groups -OCH3 is 1. The number of rotatable bonds is 10. The number of carbonyl (C=O) groups is 3. The maximum absolute atomic E-state index is 12.9. The average Bonchev–Trinajstić information content (AvgIpc) is 2.93. The summed E-state index contributed by atoms with van der Waals surface area (Å²) in [6, 6.07) is 5.41. The Bertz CT molecular complexity index is 1290. The van der Waals surface area contributed by atoms with E-state index in [4.69, 9.17) is 4.74 Å². The lowest BCUT2D eigenvalue weighted by Gasteiger charge is -2.53. The molecule has 4 rings (SSSR count). The molecule has 2 saturated heterocycles. The minimum absolute atomic E-state index is 0.00164. The number of β-lactam (4-membered cyclic amide) rings is 1. The molecule has 0 saturated carbocycles. The third-order valence-electron chi connectivity index (χ3n) is 6.40. The van der Waals surface area contributed by atoms with Gasteiger partial charge in [0.1, 0.15) is 22.6 Å². The van der Waals surface area contributed by atoms with Gasteiger partial charge >= 0.3 is 11.5 Å². The molecule has 4 atom stereocenters. The number of carboxylic acids is 1. The van der Waals surface area contributed by atoms with Crippen molar-refractivity contribution in [3.05, 3.63) is 40.2 Å². The first-order valence-corrected chi connectivity index (χ1v) is 13.7. The molecule has 2 aromatic rings. The highest BCUT2D eigenvalue weighted by molar-refractivity contribution is 8.00. The summed E-state index contributed by atoms with van der Waals surface area (Å²) in [5.74, 6) is -2.32. The maximum Gasteiger partial charge on any atom is 0.316 e. The number of aliphatic carboxylic acids is 1. The molecule has 1 aromatic heterocycles. The lowest BCUT2D eigenvalue weighted by Crippen LogP contribution is -2.74. The van der Waals surface area contributed by atoms with E-state index in [0.717, 1.165) is 11.8 Å². The smallest absolute Gasteiger partial charge is 0.316 e. The molecule has 3 unspecified atom stereocenters. The highest BCUT2D eigenvalue weighted by Crippen LogP contribution is 2.44. The van der Waals surface area contributed by atoms with E-state index in [2.05, 4.69) is 15.5 Å². The van der Waals surface area contributed by atoms with Crippen LogP contribution in [0, 0.1) is 5.41 Å². The summed E-state index contributed by atoms with van der Waals surface area (Å²) in [7, 11) is 1.50. The molecule has 38 heavy (non-hydrogen) atoms. The zero-order valence-corrected chi connectivity index (χ0v) is 22.2. The lowest BCUT2D eigenvalue weighted by molar-refractivity contribution is -0.158. The van der Waals surface area contributed by atoms with Gasteiger partial charge in [0.25, 0.3) is 11.8 Å². The molecule has 2 amide bonds. The van der Waals surface area contributed by atoms with Crippen molar-refractivity contribution in [1.82, 2.24) is 25.0 Å². The number of aromatic nitrogens is 3. The number of hydrogen-bond acceptors (Lipinski definition) is 11. The number of carboxylic acid groups (broad SMARTS) is 1. The van der Waals surface area contributed by atoms with Crippen LogP contribution in [0.2, 0.25) is 0 Å². The van der Waals surface area contributed by atoms with Crippen LogP contribution in [0.25, 0.3) is 0 Å². The van der Waals surface area contributed by atoms with Gasteiger partial charge in [-0.15, -0.1) is 22.0 Å². The Labute approximate surface area is 225 Å². The molecule has 0 radical (unpaired) electrons. The summed E-state index contributed by atoms with van der Waals surface area (Å²) < 4.78 is 6.31. The molecule has 2 fully saturated rings. The minimum Gasteiger partial charge on any atom is -0.497 e. The number of nitrogens with one attached hydrogen (secondary N) is 1. The van der Waals surface area contributed by atoms with E-state index in [1.807, 2.05) is 6.92 Å². The molecule has 4 N–H and O–H groups in total. The van der Waals surface area contributed by atoms with Crippen LogP contribution in [-0.4, -0.2) is 89.3 Å². The monoisotopic (exact) mass is 565 g/mol. The molecule has 2 aliphatic rings. The largest absolute Gasteiger partial charge is 0.497 e. The number of benzene rings is 1. The second-order valence-electron chi connectivity index (χ2n) is 8.97. The van der Waals surface area contributed by atoms with Gasteiger partial charge in [0.15, 0.2) is 11.3 Å². The van der Waals surface area contributed by atoms with Gasteiger partial charge in [0.2, 0.25) is 5.91 Å². The number of aliphatic hydroxyl groups excluding tert-OH is 1. The lowest BCUT2D eigenvalue weighted by atomic mass is 9.89. The molecule has 0 bridgehead atoms. The number of fused-ring (bicyclic) bond motifs is 1. The molecule has 13 nitrogen and oxygen atoms in total. The first-order chi connectivity index (χ1) is 18.1. The van der Waals surface area contributed by atoms with Crippen molar-refractivity contribution in [2.45, 2.75) is 42.6 Å².